The molecule has 2 amide bonds. The third kappa shape index (κ3) is 6.31. The molecule has 1 aromatic carbocycles. The zero-order chi connectivity index (χ0) is 37.7. The van der Waals surface area contributed by atoms with Crippen molar-refractivity contribution in [2.24, 2.45) is 16.7 Å². The van der Waals surface area contributed by atoms with Crippen LogP contribution >= 0.6 is 0 Å². The summed E-state index contributed by atoms with van der Waals surface area (Å²) in [5.41, 5.74) is -7.71. The molecular formula is C37H48N2O12. The second-order valence-electron chi connectivity index (χ2n) is 15.2. The number of Topliss-reactive ketones (excluding diaryl/α,β-unsaturated/α-hetero) is 1. The van der Waals surface area contributed by atoms with E-state index in [9.17, 15) is 34.2 Å². The lowest BCUT2D eigenvalue weighted by Crippen LogP contribution is -2.87. The van der Waals surface area contributed by atoms with Crippen LogP contribution in [0.4, 0.5) is 9.59 Å². The molecule has 2 aliphatic carbocycles. The average Bonchev–Trinajstić information content (AvgIpc) is 3.05. The molecule has 14 heteroatoms. The van der Waals surface area contributed by atoms with E-state index in [1.54, 1.807) is 38.1 Å². The van der Waals surface area contributed by atoms with E-state index in [4.69, 9.17) is 23.4 Å². The van der Waals surface area contributed by atoms with E-state index in [2.05, 4.69) is 11.9 Å². The van der Waals surface area contributed by atoms with Crippen molar-refractivity contribution >= 4 is 34.9 Å². The number of hydrogen-bond donors (Lipinski definition) is 3. The van der Waals surface area contributed by atoms with Crippen molar-refractivity contribution in [2.75, 3.05) is 20.1 Å². The summed E-state index contributed by atoms with van der Waals surface area (Å²) in [4.78, 5) is 66.3. The highest BCUT2D eigenvalue weighted by Gasteiger charge is 2.82. The number of carbonyl (C=O) groups is 4. The van der Waals surface area contributed by atoms with Gasteiger partial charge in [0.2, 0.25) is 0 Å². The average molecular weight is 713 g/mol. The van der Waals surface area contributed by atoms with Gasteiger partial charge in [0.25, 0.3) is 0 Å². The van der Waals surface area contributed by atoms with Gasteiger partial charge >= 0.3 is 23.8 Å². The Morgan fingerprint density at radius 2 is 1.80 bits per heavy atom. The lowest BCUT2D eigenvalue weighted by Gasteiger charge is -2.71. The Kier molecular flexibility index (Phi) is 9.95. The molecule has 1 saturated heterocycles. The third-order valence-corrected chi connectivity index (χ3v) is 11.4. The minimum absolute atomic E-state index is 0.00176. The van der Waals surface area contributed by atoms with Crippen LogP contribution in [0.1, 0.15) is 66.4 Å². The summed E-state index contributed by atoms with van der Waals surface area (Å²) in [5.74, 6) is -2.26. The number of aliphatic hydroxyl groups is 2. The summed E-state index contributed by atoms with van der Waals surface area (Å²) in [6, 6.07) is 8.13. The van der Waals surface area contributed by atoms with Gasteiger partial charge in [0.05, 0.1) is 11.7 Å². The maximum atomic E-state index is 14.2. The minimum atomic E-state index is -2.36. The van der Waals surface area contributed by atoms with Crippen LogP contribution in [0.5, 0.6) is 0 Å². The van der Waals surface area contributed by atoms with Crippen molar-refractivity contribution in [3.05, 3.63) is 59.0 Å². The van der Waals surface area contributed by atoms with Crippen molar-refractivity contribution in [1.82, 2.24) is 10.2 Å². The number of fused-ring (bicyclic) bond motifs is 4. The number of ether oxygens (including phenoxy) is 4. The van der Waals surface area contributed by atoms with E-state index >= 15 is 0 Å². The molecule has 0 radical (unpaired) electrons. The second kappa shape index (κ2) is 13.4. The largest absolute Gasteiger partial charge is 0.455 e. The summed E-state index contributed by atoms with van der Waals surface area (Å²) in [7, 11) is 1.47. The van der Waals surface area contributed by atoms with Crippen LogP contribution in [0, 0.1) is 16.7 Å². The third-order valence-electron chi connectivity index (χ3n) is 11.4. The number of para-hydroxylation sites is 1. The number of hydrogen-bond acceptors (Lipinski definition) is 12. The molecule has 2 aromatic rings. The number of carbonyl (C=O) groups excluding carboxylic acids is 4. The fourth-order valence-electron chi connectivity index (χ4n) is 8.87. The van der Waals surface area contributed by atoms with Crippen molar-refractivity contribution in [2.45, 2.75) is 103 Å². The SMILES string of the molecule is C=C[C@@]1(C)CC(=O)C2(O)[C@@]3(C)[C@@H](O)CCC(C)(C)[C@@H]3[C@H](OC(=O)NCCN(C)C(=O)OCc3cc(=O)oc4ccccc34)[C@H](OC(C)=O)[C@@]2(C)O1. The van der Waals surface area contributed by atoms with Gasteiger partial charge in [0, 0.05) is 61.8 Å². The maximum absolute atomic E-state index is 14.2. The molecule has 2 saturated carbocycles. The van der Waals surface area contributed by atoms with Gasteiger partial charge < -0.3 is 43.8 Å². The normalized spacial score (nSPS) is 34.0. The molecule has 5 rings (SSSR count). The van der Waals surface area contributed by atoms with Crippen LogP contribution in [0.25, 0.3) is 11.0 Å². The van der Waals surface area contributed by atoms with E-state index < -0.39 is 81.4 Å². The van der Waals surface area contributed by atoms with Crippen LogP contribution in [-0.4, -0.2) is 94.3 Å². The topological polar surface area (TPSA) is 191 Å². The number of alkyl carbamates (subject to hydrolysis) is 1. The van der Waals surface area contributed by atoms with Crippen molar-refractivity contribution in [3.63, 3.8) is 0 Å². The Morgan fingerprint density at radius 3 is 2.47 bits per heavy atom. The molecule has 0 bridgehead atoms. The van der Waals surface area contributed by atoms with E-state index in [1.807, 2.05) is 13.8 Å². The van der Waals surface area contributed by atoms with Crippen LogP contribution in [0.3, 0.4) is 0 Å². The van der Waals surface area contributed by atoms with E-state index in [0.29, 0.717) is 23.0 Å². The summed E-state index contributed by atoms with van der Waals surface area (Å²) in [6.07, 6.45) is -3.75. The number of ketones is 1. The summed E-state index contributed by atoms with van der Waals surface area (Å²) in [5, 5.41) is 27.6. The minimum Gasteiger partial charge on any atom is -0.455 e. The summed E-state index contributed by atoms with van der Waals surface area (Å²) in [6.45, 7) is 13.1. The highest BCUT2D eigenvalue weighted by molar-refractivity contribution is 5.92. The summed E-state index contributed by atoms with van der Waals surface area (Å²) < 4.78 is 29.0. The number of esters is 1. The van der Waals surface area contributed by atoms with Crippen molar-refractivity contribution in [3.8, 4) is 0 Å². The van der Waals surface area contributed by atoms with Gasteiger partial charge in [-0.2, -0.15) is 0 Å². The highest BCUT2D eigenvalue weighted by Crippen LogP contribution is 2.67. The first kappa shape index (κ1) is 38.0. The Bertz CT molecular complexity index is 1790. The Morgan fingerprint density at radius 1 is 1.12 bits per heavy atom. The molecule has 3 N–H and O–H groups in total. The van der Waals surface area contributed by atoms with Gasteiger partial charge in [-0.1, -0.05) is 45.0 Å². The van der Waals surface area contributed by atoms with Crippen LogP contribution in [0.2, 0.25) is 0 Å². The molecule has 14 nitrogen and oxygen atoms in total. The molecule has 3 fully saturated rings. The number of nitrogens with zero attached hydrogens (tertiary/aromatic N) is 1. The zero-order valence-corrected chi connectivity index (χ0v) is 30.1. The Labute approximate surface area is 296 Å². The highest BCUT2D eigenvalue weighted by atomic mass is 16.6. The van der Waals surface area contributed by atoms with Gasteiger partial charge in [-0.05, 0) is 38.2 Å². The summed E-state index contributed by atoms with van der Waals surface area (Å²) >= 11 is 0. The molecule has 2 heterocycles. The quantitative estimate of drug-likeness (QED) is 0.156. The van der Waals surface area contributed by atoms with Gasteiger partial charge in [-0.3, -0.25) is 9.59 Å². The van der Waals surface area contributed by atoms with Gasteiger partial charge in [0.1, 0.15) is 23.9 Å². The van der Waals surface area contributed by atoms with Gasteiger partial charge in [-0.15, -0.1) is 6.58 Å². The fraction of sp³-hybridized carbons (Fsp3) is 0.595. The van der Waals surface area contributed by atoms with Crippen LogP contribution in [0.15, 0.2) is 52.2 Å². The molecule has 0 spiro atoms. The Balaban J connectivity index is 1.35. The van der Waals surface area contributed by atoms with E-state index in [-0.39, 0.29) is 32.5 Å². The molecule has 278 valence electrons. The standard InChI is InChI=1S/C37H48N2O12/c1-9-34(5)19-26(42)37(46)35(6)25(41)14-15-33(3,4)29(35)28(30(48-21(2)40)36(37,7)51-34)50-31(44)38-16-17-39(8)32(45)47-20-22-18-27(43)49-24-13-11-10-12-23(22)24/h9-13,18,25,28-30,41,46H,1,14-17,19-20H2,2-8H3,(H,38,44)/t25-,28-,29-,30-,34-,35-,36+,37?/m0/s1. The Hall–Kier alpha value is -4.27. The first-order valence-electron chi connectivity index (χ1n) is 17.0. The molecule has 1 aromatic heterocycles. The first-order chi connectivity index (χ1) is 23.7. The number of nitrogens with one attached hydrogen (secondary N) is 1. The molecule has 1 aliphatic heterocycles. The van der Waals surface area contributed by atoms with E-state index in [1.165, 1.54) is 31.0 Å². The molecule has 51 heavy (non-hydrogen) atoms. The second-order valence-corrected chi connectivity index (χ2v) is 15.2. The van der Waals surface area contributed by atoms with Crippen molar-refractivity contribution in [1.29, 1.82) is 0 Å². The number of amides is 2. The zero-order valence-electron chi connectivity index (χ0n) is 30.1. The number of rotatable bonds is 8. The van der Waals surface area contributed by atoms with Crippen LogP contribution in [-0.2, 0) is 35.1 Å². The lowest BCUT2D eigenvalue weighted by atomic mass is 9.39. The predicted molar refractivity (Wildman–Crippen MR) is 182 cm³/mol. The molecular weight excluding hydrogens is 664 g/mol. The molecule has 1 unspecified atom stereocenters. The first-order valence-corrected chi connectivity index (χ1v) is 17.0. The predicted octanol–water partition coefficient (Wildman–Crippen LogP) is 3.63. The van der Waals surface area contributed by atoms with Crippen molar-refractivity contribution < 1.29 is 52.8 Å². The monoisotopic (exact) mass is 712 g/mol. The van der Waals surface area contributed by atoms with E-state index in [0.717, 1.165) is 6.92 Å². The van der Waals surface area contributed by atoms with Crippen LogP contribution < -0.4 is 10.9 Å². The molecule has 3 aliphatic rings. The number of benzene rings is 1. The number of likely N-dealkylation sites (N-methyl/N-ethyl adjacent to an activating group) is 1. The number of aliphatic hydroxyl groups excluding tert-OH is 1. The van der Waals surface area contributed by atoms with Gasteiger partial charge in [-0.25, -0.2) is 14.4 Å². The van der Waals surface area contributed by atoms with Gasteiger partial charge in [0.15, 0.2) is 17.5 Å². The fourth-order valence-corrected chi connectivity index (χ4v) is 8.87. The smallest absolute Gasteiger partial charge is 0.409 e. The molecule has 8 atom stereocenters. The lowest BCUT2D eigenvalue weighted by molar-refractivity contribution is -0.369. The maximum Gasteiger partial charge on any atom is 0.409 e.